The van der Waals surface area contributed by atoms with Crippen molar-refractivity contribution >= 4 is 182 Å². The van der Waals surface area contributed by atoms with Crippen molar-refractivity contribution in [2.45, 2.75) is 0 Å². The van der Waals surface area contributed by atoms with E-state index in [9.17, 15) is 0 Å². The van der Waals surface area contributed by atoms with Gasteiger partial charge in [-0.05, 0) is 118 Å². The fraction of sp³-hybridized carbons (Fsp3) is 0. The molecular weight excluding hydrogens is 703 g/mol. The third-order valence-corrected chi connectivity index (χ3v) is 12.2. The van der Waals surface area contributed by atoms with Gasteiger partial charge in [0, 0.05) is 10.8 Å². The average molecular weight is 725 g/mol. The van der Waals surface area contributed by atoms with Gasteiger partial charge in [0.25, 0.3) is 0 Å². The maximum Gasteiger partial charge on any atom is 0.136 e. The molecule has 0 saturated carbocycles. The highest BCUT2D eigenvalue weighted by molar-refractivity contribution is 6.71. The van der Waals surface area contributed by atoms with E-state index in [0.29, 0.717) is 32.7 Å². The summed E-state index contributed by atoms with van der Waals surface area (Å²) in [6.07, 6.45) is 0. The Morgan fingerprint density at radius 1 is 0.271 bits per heavy atom. The Hall–Kier alpha value is -6.18. The highest BCUT2D eigenvalue weighted by Crippen LogP contribution is 2.43. The van der Waals surface area contributed by atoms with Crippen molar-refractivity contribution in [2.75, 3.05) is 0 Å². The maximum atomic E-state index is 7.04. The van der Waals surface area contributed by atoms with Crippen molar-refractivity contribution in [3.63, 3.8) is 0 Å². The molecule has 0 amide bonds. The topological polar surface area (TPSA) is 13.1 Å². The van der Waals surface area contributed by atoms with Gasteiger partial charge in [0.15, 0.2) is 0 Å². The zero-order valence-corrected chi connectivity index (χ0v) is 31.7. The number of furan rings is 1. The first-order valence-corrected chi connectivity index (χ1v) is 19.2. The minimum absolute atomic E-state index is 0.164. The van der Waals surface area contributed by atoms with Crippen LogP contribution in [-0.2, 0) is 0 Å². The SMILES string of the molecule is [B]c1c([B])c([B])c2c(-c3ccc4oc5cc6ccccc6cc5c4c3)c3c([B])c([B])c([B])c([B])c3c(-c3ccc(-c4ccc5c(ccc6ccccc65)c4)cc3)c2c1[B]. The van der Waals surface area contributed by atoms with Crippen molar-refractivity contribution in [1.29, 1.82) is 0 Å². The molecule has 0 fully saturated rings. The summed E-state index contributed by atoms with van der Waals surface area (Å²) >= 11 is 0. The molecule has 0 spiro atoms. The maximum absolute atomic E-state index is 7.04. The lowest BCUT2D eigenvalue weighted by Crippen LogP contribution is -2.50. The number of benzene rings is 10. The Morgan fingerprint density at radius 3 is 1.36 bits per heavy atom. The summed E-state index contributed by atoms with van der Waals surface area (Å²) in [6, 6.07) is 45.8. The second-order valence-corrected chi connectivity index (χ2v) is 15.4. The summed E-state index contributed by atoms with van der Waals surface area (Å²) in [5.41, 5.74) is 8.10. The molecule has 0 N–H and O–H groups in total. The molecule has 1 heterocycles. The van der Waals surface area contributed by atoms with Gasteiger partial charge >= 0.3 is 0 Å². The van der Waals surface area contributed by atoms with Crippen LogP contribution in [0.2, 0.25) is 0 Å². The van der Waals surface area contributed by atoms with E-state index in [1.807, 2.05) is 36.4 Å². The minimum Gasteiger partial charge on any atom is -0.456 e. The molecule has 0 aliphatic heterocycles. The third-order valence-electron chi connectivity index (χ3n) is 12.2. The van der Waals surface area contributed by atoms with Gasteiger partial charge < -0.3 is 4.42 Å². The first-order valence-electron chi connectivity index (χ1n) is 19.2. The van der Waals surface area contributed by atoms with Crippen molar-refractivity contribution in [3.8, 4) is 33.4 Å². The van der Waals surface area contributed by atoms with Gasteiger partial charge in [-0.15, -0.1) is 21.9 Å². The molecule has 0 aliphatic rings. The van der Waals surface area contributed by atoms with E-state index < -0.39 is 0 Å². The zero-order chi connectivity index (χ0) is 40.4. The Morgan fingerprint density at radius 2 is 0.729 bits per heavy atom. The minimum atomic E-state index is 0.164. The number of hydrogen-bond donors (Lipinski definition) is 0. The molecule has 16 radical (unpaired) electrons. The largest absolute Gasteiger partial charge is 0.456 e. The number of fused-ring (bicyclic) bond motifs is 9. The molecule has 59 heavy (non-hydrogen) atoms. The van der Waals surface area contributed by atoms with Crippen LogP contribution in [0, 0.1) is 0 Å². The van der Waals surface area contributed by atoms with Crippen LogP contribution in [0.1, 0.15) is 0 Å². The van der Waals surface area contributed by atoms with Crippen LogP contribution < -0.4 is 43.7 Å². The Kier molecular flexibility index (Phi) is 8.02. The van der Waals surface area contributed by atoms with Gasteiger partial charge in [-0.1, -0.05) is 125 Å². The molecule has 0 unspecified atom stereocenters. The van der Waals surface area contributed by atoms with Gasteiger partial charge in [-0.2, -0.15) is 0 Å². The van der Waals surface area contributed by atoms with E-state index in [1.54, 1.807) is 0 Å². The van der Waals surface area contributed by atoms with Gasteiger partial charge in [-0.25, -0.2) is 0 Å². The molecule has 11 rings (SSSR count). The Balaban J connectivity index is 1.20. The van der Waals surface area contributed by atoms with Gasteiger partial charge in [0.1, 0.15) is 73.9 Å². The standard InChI is InChI=1S/C50H22B8O/c51-43-39-37(25-12-9-23(10-13-25)28-15-17-32-29(19-28)14-11-24-5-3-4-8-31(24)32)40-42(46(54)50(58)48(56)44(40)52)38(41(39)45(53)49(57)47(43)55)30-16-18-35-33(21-30)34-20-26-6-1-2-7-27(26)22-36(34)59-35/h1-22H. The summed E-state index contributed by atoms with van der Waals surface area (Å²) in [7, 11) is 54.8. The predicted octanol–water partition coefficient (Wildman–Crippen LogP) is 4.70. The molecule has 9 heteroatoms. The molecule has 11 aromatic rings. The van der Waals surface area contributed by atoms with Crippen LogP contribution in [-0.4, -0.2) is 62.8 Å². The fourth-order valence-corrected chi connectivity index (χ4v) is 9.16. The second-order valence-electron chi connectivity index (χ2n) is 15.4. The number of hydrogen-bond acceptors (Lipinski definition) is 1. The van der Waals surface area contributed by atoms with Crippen LogP contribution in [0.4, 0.5) is 0 Å². The predicted molar refractivity (Wildman–Crippen MR) is 261 cm³/mol. The highest BCUT2D eigenvalue weighted by Gasteiger charge is 2.25. The van der Waals surface area contributed by atoms with Crippen LogP contribution in [0.3, 0.4) is 0 Å². The zero-order valence-electron chi connectivity index (χ0n) is 31.7. The Labute approximate surface area is 351 Å². The molecule has 10 aromatic carbocycles. The monoisotopic (exact) mass is 726 g/mol. The van der Waals surface area contributed by atoms with Gasteiger partial charge in [0.2, 0.25) is 0 Å². The molecular formula is C50H22B8O. The molecule has 0 aliphatic carbocycles. The number of rotatable bonds is 3. The first-order chi connectivity index (χ1) is 28.6. The summed E-state index contributed by atoms with van der Waals surface area (Å²) in [6.45, 7) is 0. The van der Waals surface area contributed by atoms with Crippen molar-refractivity contribution in [3.05, 3.63) is 133 Å². The summed E-state index contributed by atoms with van der Waals surface area (Å²) < 4.78 is 6.38. The second kappa shape index (κ2) is 13.2. The summed E-state index contributed by atoms with van der Waals surface area (Å²) in [4.78, 5) is 0. The van der Waals surface area contributed by atoms with E-state index in [1.165, 1.54) is 16.2 Å². The molecule has 0 bridgehead atoms. The lowest BCUT2D eigenvalue weighted by atomic mass is 9.59. The first kappa shape index (κ1) is 35.9. The van der Waals surface area contributed by atoms with E-state index in [2.05, 4.69) is 97.1 Å². The molecule has 1 nitrogen and oxygen atoms in total. The van der Waals surface area contributed by atoms with Gasteiger partial charge in [0.05, 0.1) is 0 Å². The van der Waals surface area contributed by atoms with Crippen LogP contribution in [0.15, 0.2) is 138 Å². The Bertz CT molecular complexity index is 3560. The lowest BCUT2D eigenvalue weighted by molar-refractivity contribution is 0.669. The third kappa shape index (κ3) is 5.23. The van der Waals surface area contributed by atoms with Crippen molar-refractivity contribution in [1.82, 2.24) is 0 Å². The smallest absolute Gasteiger partial charge is 0.136 e. The van der Waals surface area contributed by atoms with Crippen LogP contribution >= 0.6 is 0 Å². The van der Waals surface area contributed by atoms with E-state index in [-0.39, 0.29) is 43.7 Å². The highest BCUT2D eigenvalue weighted by atomic mass is 16.3. The van der Waals surface area contributed by atoms with Gasteiger partial charge in [-0.3, -0.25) is 0 Å². The fourth-order valence-electron chi connectivity index (χ4n) is 9.16. The van der Waals surface area contributed by atoms with Crippen molar-refractivity contribution in [2.24, 2.45) is 0 Å². The average Bonchev–Trinajstić information content (AvgIpc) is 3.63. The molecule has 1 aromatic heterocycles. The molecule has 252 valence electrons. The lowest BCUT2D eigenvalue weighted by Gasteiger charge is -2.28. The van der Waals surface area contributed by atoms with E-state index in [0.717, 1.165) is 60.4 Å². The van der Waals surface area contributed by atoms with Crippen molar-refractivity contribution < 1.29 is 4.42 Å². The summed E-state index contributed by atoms with van der Waals surface area (Å²) in [5, 5.41) is 11.1. The molecule has 0 atom stereocenters. The van der Waals surface area contributed by atoms with Crippen LogP contribution in [0.5, 0.6) is 0 Å². The normalized spacial score (nSPS) is 11.9. The quantitative estimate of drug-likeness (QED) is 0.146. The summed E-state index contributed by atoms with van der Waals surface area (Å²) in [5.74, 6) is 0. The van der Waals surface area contributed by atoms with Crippen LogP contribution in [0.25, 0.3) is 109 Å². The van der Waals surface area contributed by atoms with E-state index in [4.69, 9.17) is 67.2 Å². The van der Waals surface area contributed by atoms with E-state index >= 15 is 0 Å². The molecule has 0 saturated heterocycles.